The Bertz CT molecular complexity index is 2870. The maximum absolute atomic E-state index is 13.7. The van der Waals surface area contributed by atoms with Crippen LogP contribution < -0.4 is 16.3 Å². The van der Waals surface area contributed by atoms with E-state index < -0.39 is 0 Å². The average Bonchev–Trinajstić information content (AvgIpc) is 3.34. The van der Waals surface area contributed by atoms with E-state index in [1.807, 2.05) is 36.4 Å². The molecule has 0 bridgehead atoms. The number of hydrogen-bond acceptors (Lipinski definition) is 12. The van der Waals surface area contributed by atoms with Crippen molar-refractivity contribution < 1.29 is 0 Å². The summed E-state index contributed by atoms with van der Waals surface area (Å²) in [6, 6.07) is 40.9. The van der Waals surface area contributed by atoms with Crippen LogP contribution >= 0.6 is 0 Å². The third kappa shape index (κ3) is 7.49. The zero-order valence-corrected chi connectivity index (χ0v) is 32.9. The van der Waals surface area contributed by atoms with Crippen molar-refractivity contribution >= 4 is 0 Å². The van der Waals surface area contributed by atoms with Gasteiger partial charge in [-0.2, -0.15) is 15.0 Å². The first-order chi connectivity index (χ1) is 31.0. The molecule has 0 N–H and O–H groups in total. The number of hydrogen-bond donors (Lipinski definition) is 0. The molecular formula is C48H30N12O3. The van der Waals surface area contributed by atoms with E-state index in [9.17, 15) is 14.4 Å². The molecule has 0 aliphatic heterocycles. The second-order valence-corrected chi connectivity index (χ2v) is 13.9. The molecule has 0 unspecified atom stereocenters. The number of pyridine rings is 9. The Balaban J connectivity index is 1.41. The summed E-state index contributed by atoms with van der Waals surface area (Å²) in [6.45, 7) is 0. The molecule has 0 amide bonds. The van der Waals surface area contributed by atoms with Crippen LogP contribution in [0.1, 0.15) is 0 Å². The van der Waals surface area contributed by atoms with Gasteiger partial charge in [-0.05, 0) is 72.8 Å². The zero-order valence-electron chi connectivity index (χ0n) is 32.9. The number of aromatic nitrogens is 12. The predicted molar refractivity (Wildman–Crippen MR) is 236 cm³/mol. The van der Waals surface area contributed by atoms with Gasteiger partial charge < -0.3 is 0 Å². The largest absolute Gasteiger partial charge is 0.290 e. The fourth-order valence-electron chi connectivity index (χ4n) is 7.22. The van der Waals surface area contributed by atoms with Gasteiger partial charge in [-0.3, -0.25) is 58.0 Å². The van der Waals surface area contributed by atoms with Gasteiger partial charge in [0.1, 0.15) is 0 Å². The molecule has 15 heteroatoms. The van der Waals surface area contributed by atoms with Crippen molar-refractivity contribution in [1.29, 1.82) is 0 Å². The van der Waals surface area contributed by atoms with Gasteiger partial charge in [-0.25, -0.2) is 0 Å². The average molecular weight is 823 g/mol. The minimum absolute atomic E-state index is 0.0200. The van der Waals surface area contributed by atoms with Crippen molar-refractivity contribution in [1.82, 2.24) is 58.6 Å². The number of nitrogens with zero attached hydrogens (tertiary/aromatic N) is 12. The summed E-state index contributed by atoms with van der Waals surface area (Å²) in [5, 5.41) is 0. The molecule has 0 spiro atoms. The molecule has 0 aliphatic carbocycles. The standard InChI is InChI=1S/C48H30N12O3/c61-31-25-40(34-13-1-7-19-49-34)58(41(26-31)35-14-2-8-20-50-35)46-55-47(59-42(36-15-3-9-21-51-36)27-32(62)28-43(59)37-16-4-10-22-52-37)57-48(56-46)60-44(38-17-5-11-23-53-38)29-33(63)30-45(60)39-18-6-12-24-54-39/h1-30H. The summed E-state index contributed by atoms with van der Waals surface area (Å²) in [6.07, 6.45) is 9.74. The molecule has 0 aromatic carbocycles. The second kappa shape index (κ2) is 16.4. The van der Waals surface area contributed by atoms with Crippen LogP contribution in [0, 0.1) is 0 Å². The summed E-state index contributed by atoms with van der Waals surface area (Å²) in [7, 11) is 0. The Morgan fingerprint density at radius 3 is 0.619 bits per heavy atom. The fourth-order valence-corrected chi connectivity index (χ4v) is 7.22. The lowest BCUT2D eigenvalue weighted by Gasteiger charge is -2.22. The summed E-state index contributed by atoms with van der Waals surface area (Å²) >= 11 is 0. The maximum Gasteiger partial charge on any atom is 0.241 e. The molecule has 0 fully saturated rings. The molecule has 63 heavy (non-hydrogen) atoms. The van der Waals surface area contributed by atoms with Gasteiger partial charge in [0.25, 0.3) is 0 Å². The first-order valence-electron chi connectivity index (χ1n) is 19.6. The lowest BCUT2D eigenvalue weighted by atomic mass is 10.1. The van der Waals surface area contributed by atoms with E-state index in [4.69, 9.17) is 15.0 Å². The number of rotatable bonds is 9. The lowest BCUT2D eigenvalue weighted by molar-refractivity contribution is 0.799. The topological polar surface area (TPSA) is 182 Å². The molecule has 10 aromatic rings. The van der Waals surface area contributed by atoms with Crippen LogP contribution in [0.25, 0.3) is 86.2 Å². The van der Waals surface area contributed by atoms with E-state index in [0.29, 0.717) is 68.3 Å². The summed E-state index contributed by atoms with van der Waals surface area (Å²) < 4.78 is 5.06. The molecule has 0 radical (unpaired) electrons. The van der Waals surface area contributed by atoms with Crippen LogP contribution in [-0.4, -0.2) is 58.6 Å². The van der Waals surface area contributed by atoms with Crippen LogP contribution in [0.15, 0.2) is 197 Å². The minimum Gasteiger partial charge on any atom is -0.290 e. The smallest absolute Gasteiger partial charge is 0.241 e. The Morgan fingerprint density at radius 2 is 0.460 bits per heavy atom. The lowest BCUT2D eigenvalue weighted by Crippen LogP contribution is -2.22. The van der Waals surface area contributed by atoms with Gasteiger partial charge >= 0.3 is 0 Å². The molecule has 0 saturated heterocycles. The first kappa shape index (κ1) is 38.0. The van der Waals surface area contributed by atoms with Gasteiger partial charge in [0.15, 0.2) is 16.3 Å². The highest BCUT2D eigenvalue weighted by atomic mass is 16.1. The molecule has 15 nitrogen and oxygen atoms in total. The van der Waals surface area contributed by atoms with Gasteiger partial charge in [0, 0.05) is 73.6 Å². The summed E-state index contributed by atoms with van der Waals surface area (Å²) in [5.41, 5.74) is 3.76. The van der Waals surface area contributed by atoms with Gasteiger partial charge in [-0.15, -0.1) is 0 Å². The molecule has 0 atom stereocenters. The monoisotopic (exact) mass is 822 g/mol. The summed E-state index contributed by atoms with van der Waals surface area (Å²) in [5.74, 6) is 0.0600. The fraction of sp³-hybridized carbons (Fsp3) is 0. The normalized spacial score (nSPS) is 11.0. The van der Waals surface area contributed by atoms with E-state index in [1.54, 1.807) is 124 Å². The van der Waals surface area contributed by atoms with Crippen molar-refractivity contribution in [3.8, 4) is 86.2 Å². The maximum atomic E-state index is 13.7. The van der Waals surface area contributed by atoms with Gasteiger partial charge in [-0.1, -0.05) is 36.4 Å². The highest BCUT2D eigenvalue weighted by Gasteiger charge is 2.26. The Labute approximate surface area is 357 Å². The van der Waals surface area contributed by atoms with Crippen molar-refractivity contribution in [2.45, 2.75) is 0 Å². The highest BCUT2D eigenvalue weighted by molar-refractivity contribution is 5.70. The quantitative estimate of drug-likeness (QED) is 0.151. The molecule has 10 heterocycles. The van der Waals surface area contributed by atoms with E-state index in [1.165, 1.54) is 36.4 Å². The van der Waals surface area contributed by atoms with Crippen molar-refractivity contribution in [2.75, 3.05) is 0 Å². The molecular weight excluding hydrogens is 793 g/mol. The first-order valence-corrected chi connectivity index (χ1v) is 19.6. The van der Waals surface area contributed by atoms with Crippen LogP contribution in [0.2, 0.25) is 0 Å². The van der Waals surface area contributed by atoms with E-state index >= 15 is 0 Å². The molecule has 10 rings (SSSR count). The second-order valence-electron chi connectivity index (χ2n) is 13.9. The van der Waals surface area contributed by atoms with Crippen molar-refractivity contribution in [3.05, 3.63) is 213 Å². The SMILES string of the molecule is O=c1cc(-c2ccccn2)n(-c2nc(-n3c(-c4ccccn4)cc(=O)cc3-c3ccccn3)nc(-n3c(-c4ccccn4)cc(=O)cc3-c3ccccn3)n2)c(-c2ccccn2)c1. The highest BCUT2D eigenvalue weighted by Crippen LogP contribution is 2.32. The van der Waals surface area contributed by atoms with E-state index in [-0.39, 0.29) is 34.1 Å². The third-order valence-electron chi connectivity index (χ3n) is 9.88. The Hall–Kier alpha value is -9.24. The molecule has 300 valence electrons. The predicted octanol–water partition coefficient (Wildman–Crippen LogP) is 6.70. The van der Waals surface area contributed by atoms with Gasteiger partial charge in [0.05, 0.1) is 68.3 Å². The minimum atomic E-state index is -0.312. The van der Waals surface area contributed by atoms with Crippen LogP contribution in [0.3, 0.4) is 0 Å². The van der Waals surface area contributed by atoms with E-state index in [0.717, 1.165) is 0 Å². The van der Waals surface area contributed by atoms with E-state index in [2.05, 4.69) is 29.9 Å². The Morgan fingerprint density at radius 1 is 0.270 bits per heavy atom. The van der Waals surface area contributed by atoms with Crippen molar-refractivity contribution in [2.24, 2.45) is 0 Å². The van der Waals surface area contributed by atoms with Crippen LogP contribution in [0.5, 0.6) is 0 Å². The van der Waals surface area contributed by atoms with Crippen molar-refractivity contribution in [3.63, 3.8) is 0 Å². The third-order valence-corrected chi connectivity index (χ3v) is 9.88. The molecule has 0 saturated carbocycles. The van der Waals surface area contributed by atoms with Crippen LogP contribution in [-0.2, 0) is 0 Å². The molecule has 10 aromatic heterocycles. The Kier molecular flexibility index (Phi) is 9.91. The van der Waals surface area contributed by atoms with Crippen LogP contribution in [0.4, 0.5) is 0 Å². The zero-order chi connectivity index (χ0) is 42.7. The van der Waals surface area contributed by atoms with Gasteiger partial charge in [0.2, 0.25) is 17.8 Å². The molecule has 0 aliphatic rings. The summed E-state index contributed by atoms with van der Waals surface area (Å²) in [4.78, 5) is 84.5.